The molecule has 1 aromatic heterocycles. The Hall–Kier alpha value is -1.61. The van der Waals surface area contributed by atoms with Crippen molar-refractivity contribution in [1.82, 2.24) is 4.98 Å². The van der Waals surface area contributed by atoms with E-state index in [1.807, 2.05) is 24.3 Å². The molecule has 1 aromatic carbocycles. The summed E-state index contributed by atoms with van der Waals surface area (Å²) in [5, 5.41) is 11.0. The minimum Gasteiger partial charge on any atom is -0.378 e. The van der Waals surface area contributed by atoms with E-state index in [4.69, 9.17) is 0 Å². The molecule has 0 saturated heterocycles. The van der Waals surface area contributed by atoms with Crippen LogP contribution in [0.25, 0.3) is 10.9 Å². The van der Waals surface area contributed by atoms with Crippen LogP contribution >= 0.6 is 0 Å². The molecule has 0 amide bonds. The van der Waals surface area contributed by atoms with Crippen molar-refractivity contribution in [2.45, 2.75) is 19.4 Å². The molecule has 2 rings (SSSR count). The topological polar surface area (TPSA) is 53.1 Å². The minimum atomic E-state index is -1.42. The molecule has 2 aromatic rings. The predicted molar refractivity (Wildman–Crippen MR) is 58.6 cm³/mol. The second-order valence-electron chi connectivity index (χ2n) is 3.88. The van der Waals surface area contributed by atoms with E-state index in [1.165, 1.54) is 13.8 Å². The molecule has 0 bridgehead atoms. The fourth-order valence-corrected chi connectivity index (χ4v) is 1.66. The molecule has 0 unspecified atom stereocenters. The van der Waals surface area contributed by atoms with Crippen LogP contribution in [0.15, 0.2) is 30.5 Å². The van der Waals surface area contributed by atoms with E-state index in [-0.39, 0.29) is 5.78 Å². The molecule has 0 radical (unpaired) electrons. The number of rotatable bonds is 2. The molecule has 3 nitrogen and oxygen atoms in total. The molecule has 78 valence electrons. The highest BCUT2D eigenvalue weighted by atomic mass is 16.3. The van der Waals surface area contributed by atoms with Crippen LogP contribution < -0.4 is 0 Å². The number of ketones is 1. The average Bonchev–Trinajstić information content (AvgIpc) is 2.61. The number of nitrogens with one attached hydrogen (secondary N) is 1. The summed E-state index contributed by atoms with van der Waals surface area (Å²) in [4.78, 5) is 14.4. The molecule has 0 saturated carbocycles. The van der Waals surface area contributed by atoms with Gasteiger partial charge < -0.3 is 10.1 Å². The number of carbonyl (C=O) groups is 1. The predicted octanol–water partition coefficient (Wildman–Crippen LogP) is 1.96. The summed E-state index contributed by atoms with van der Waals surface area (Å²) in [6, 6.07) is 7.59. The van der Waals surface area contributed by atoms with Crippen LogP contribution in [0.2, 0.25) is 0 Å². The summed E-state index contributed by atoms with van der Waals surface area (Å²) >= 11 is 0. The van der Waals surface area contributed by atoms with E-state index in [1.54, 1.807) is 6.20 Å². The Morgan fingerprint density at radius 2 is 2.07 bits per heavy atom. The summed E-state index contributed by atoms with van der Waals surface area (Å²) in [5.41, 5.74) is 0.138. The van der Waals surface area contributed by atoms with Gasteiger partial charge in [0.25, 0.3) is 0 Å². The van der Waals surface area contributed by atoms with Crippen molar-refractivity contribution >= 4 is 16.7 Å². The maximum Gasteiger partial charge on any atom is 0.165 e. The molecule has 3 heteroatoms. The number of H-pyrrole nitrogens is 1. The third kappa shape index (κ3) is 1.45. The Morgan fingerprint density at radius 1 is 1.40 bits per heavy atom. The molecule has 2 N–H and O–H groups in total. The van der Waals surface area contributed by atoms with Gasteiger partial charge in [0.1, 0.15) is 5.60 Å². The van der Waals surface area contributed by atoms with Crippen molar-refractivity contribution in [1.29, 1.82) is 0 Å². The molecule has 0 aliphatic carbocycles. The third-order valence-electron chi connectivity index (χ3n) is 2.80. The zero-order valence-electron chi connectivity index (χ0n) is 8.74. The van der Waals surface area contributed by atoms with Crippen molar-refractivity contribution in [3.05, 3.63) is 36.0 Å². The van der Waals surface area contributed by atoms with Gasteiger partial charge in [-0.1, -0.05) is 18.2 Å². The zero-order chi connectivity index (χ0) is 11.1. The maximum atomic E-state index is 11.3. The number of para-hydroxylation sites is 1. The van der Waals surface area contributed by atoms with Crippen LogP contribution in [0.4, 0.5) is 0 Å². The van der Waals surface area contributed by atoms with Crippen molar-refractivity contribution in [3.8, 4) is 0 Å². The lowest BCUT2D eigenvalue weighted by molar-refractivity contribution is -0.134. The normalized spacial score (nSPS) is 15.1. The lowest BCUT2D eigenvalue weighted by Crippen LogP contribution is -2.29. The second-order valence-corrected chi connectivity index (χ2v) is 3.88. The monoisotopic (exact) mass is 203 g/mol. The van der Waals surface area contributed by atoms with Gasteiger partial charge >= 0.3 is 0 Å². The molecular formula is C12H13NO2. The highest BCUT2D eigenvalue weighted by Crippen LogP contribution is 2.28. The fraction of sp³-hybridized carbons (Fsp3) is 0.250. The first-order valence-corrected chi connectivity index (χ1v) is 4.83. The van der Waals surface area contributed by atoms with E-state index in [2.05, 4.69) is 4.98 Å². The number of benzene rings is 1. The van der Waals surface area contributed by atoms with Crippen LogP contribution in [0.1, 0.15) is 19.4 Å². The highest BCUT2D eigenvalue weighted by molar-refractivity contribution is 5.93. The molecule has 1 atom stereocenters. The van der Waals surface area contributed by atoms with Gasteiger partial charge in [-0.3, -0.25) is 4.79 Å². The Bertz CT molecular complexity index is 511. The Morgan fingerprint density at radius 3 is 2.73 bits per heavy atom. The molecule has 0 aliphatic heterocycles. The van der Waals surface area contributed by atoms with Crippen molar-refractivity contribution < 1.29 is 9.90 Å². The number of carbonyl (C=O) groups excluding carboxylic acids is 1. The molecule has 15 heavy (non-hydrogen) atoms. The smallest absolute Gasteiger partial charge is 0.165 e. The number of hydrogen-bond acceptors (Lipinski definition) is 2. The average molecular weight is 203 g/mol. The van der Waals surface area contributed by atoms with Gasteiger partial charge in [0.2, 0.25) is 0 Å². The van der Waals surface area contributed by atoms with Gasteiger partial charge in [0.05, 0.1) is 0 Å². The Kier molecular flexibility index (Phi) is 2.12. The standard InChI is InChI=1S/C12H13NO2/c1-8(14)12(2,15)10-7-13-11-6-4-3-5-9(10)11/h3-7,13,15H,1-2H3/t12-/m0/s1. The highest BCUT2D eigenvalue weighted by Gasteiger charge is 2.31. The maximum absolute atomic E-state index is 11.3. The summed E-state index contributed by atoms with van der Waals surface area (Å²) in [5.74, 6) is -0.257. The molecular weight excluding hydrogens is 190 g/mol. The van der Waals surface area contributed by atoms with Gasteiger partial charge in [-0.05, 0) is 19.9 Å². The van der Waals surface area contributed by atoms with Crippen LogP contribution in [-0.2, 0) is 10.4 Å². The summed E-state index contributed by atoms with van der Waals surface area (Å²) < 4.78 is 0. The largest absolute Gasteiger partial charge is 0.378 e. The first-order chi connectivity index (χ1) is 7.03. The van der Waals surface area contributed by atoms with Crippen LogP contribution in [0.3, 0.4) is 0 Å². The van der Waals surface area contributed by atoms with Crippen molar-refractivity contribution in [2.75, 3.05) is 0 Å². The Balaban J connectivity index is 2.67. The number of aromatic nitrogens is 1. The summed E-state index contributed by atoms with van der Waals surface area (Å²) in [6.45, 7) is 2.91. The molecule has 1 heterocycles. The van der Waals surface area contributed by atoms with Crippen LogP contribution in [0.5, 0.6) is 0 Å². The SMILES string of the molecule is CC(=O)[C@](C)(O)c1c[nH]c2ccccc12. The van der Waals surface area contributed by atoms with Crippen molar-refractivity contribution in [3.63, 3.8) is 0 Å². The number of hydrogen-bond donors (Lipinski definition) is 2. The van der Waals surface area contributed by atoms with E-state index in [0.29, 0.717) is 5.56 Å². The Labute approximate surface area is 87.7 Å². The second kappa shape index (κ2) is 3.21. The van der Waals surface area contributed by atoms with Crippen LogP contribution in [-0.4, -0.2) is 15.9 Å². The number of aromatic amines is 1. The lowest BCUT2D eigenvalue weighted by Gasteiger charge is -2.18. The third-order valence-corrected chi connectivity index (χ3v) is 2.80. The summed E-state index contributed by atoms with van der Waals surface area (Å²) in [6.07, 6.45) is 1.69. The first kappa shape index (κ1) is 9.93. The lowest BCUT2D eigenvalue weighted by atomic mass is 9.92. The van der Waals surface area contributed by atoms with E-state index >= 15 is 0 Å². The van der Waals surface area contributed by atoms with E-state index in [0.717, 1.165) is 10.9 Å². The van der Waals surface area contributed by atoms with E-state index in [9.17, 15) is 9.90 Å². The molecule has 0 spiro atoms. The van der Waals surface area contributed by atoms with E-state index < -0.39 is 5.60 Å². The fourth-order valence-electron chi connectivity index (χ4n) is 1.66. The minimum absolute atomic E-state index is 0.257. The van der Waals surface area contributed by atoms with Gasteiger partial charge in [-0.25, -0.2) is 0 Å². The molecule has 0 aliphatic rings. The number of Topliss-reactive ketones (excluding diaryl/α,β-unsaturated/α-hetero) is 1. The van der Waals surface area contributed by atoms with Gasteiger partial charge in [-0.2, -0.15) is 0 Å². The quantitative estimate of drug-likeness (QED) is 0.784. The number of aliphatic hydroxyl groups is 1. The van der Waals surface area contributed by atoms with Gasteiger partial charge in [0.15, 0.2) is 5.78 Å². The molecule has 0 fully saturated rings. The zero-order valence-corrected chi connectivity index (χ0v) is 8.74. The van der Waals surface area contributed by atoms with Crippen molar-refractivity contribution in [2.24, 2.45) is 0 Å². The summed E-state index contributed by atoms with van der Waals surface area (Å²) in [7, 11) is 0. The van der Waals surface area contributed by atoms with Crippen LogP contribution in [0, 0.1) is 0 Å². The number of fused-ring (bicyclic) bond motifs is 1. The first-order valence-electron chi connectivity index (χ1n) is 4.83. The van der Waals surface area contributed by atoms with Gasteiger partial charge in [0, 0.05) is 22.7 Å². The van der Waals surface area contributed by atoms with Gasteiger partial charge in [-0.15, -0.1) is 0 Å².